The summed E-state index contributed by atoms with van der Waals surface area (Å²) in [6, 6.07) is 8.39. The van der Waals surface area contributed by atoms with Crippen LogP contribution in [0.15, 0.2) is 36.4 Å². The zero-order chi connectivity index (χ0) is 13.3. The van der Waals surface area contributed by atoms with Crippen LogP contribution in [0.4, 0.5) is 17.6 Å². The number of halogens is 4. The Hall–Kier alpha value is -1.62. The van der Waals surface area contributed by atoms with Crippen LogP contribution in [0.5, 0.6) is 0 Å². The third-order valence-electron chi connectivity index (χ3n) is 2.69. The molecular formula is C13H10F4O. The smallest absolute Gasteiger partial charge is 0.388 e. The van der Waals surface area contributed by atoms with Gasteiger partial charge in [-0.15, -0.1) is 0 Å². The molecule has 96 valence electrons. The number of benzene rings is 2. The zero-order valence-electron chi connectivity index (χ0n) is 9.21. The van der Waals surface area contributed by atoms with Crippen LogP contribution in [-0.4, -0.2) is 11.3 Å². The molecule has 0 saturated carbocycles. The van der Waals surface area contributed by atoms with Crippen LogP contribution in [0.25, 0.3) is 10.8 Å². The number of fused-ring (bicyclic) bond motifs is 1. The lowest BCUT2D eigenvalue weighted by Gasteiger charge is -2.15. The van der Waals surface area contributed by atoms with Crippen molar-refractivity contribution in [3.05, 3.63) is 47.8 Å². The van der Waals surface area contributed by atoms with E-state index in [1.807, 2.05) is 0 Å². The molecule has 0 fully saturated rings. The minimum Gasteiger partial charge on any atom is -0.388 e. The van der Waals surface area contributed by atoms with Crippen LogP contribution in [0.2, 0.25) is 0 Å². The summed E-state index contributed by atoms with van der Waals surface area (Å²) in [5, 5.41) is 10.1. The average molecular weight is 258 g/mol. The van der Waals surface area contributed by atoms with Crippen molar-refractivity contribution >= 4 is 10.8 Å². The highest BCUT2D eigenvalue weighted by atomic mass is 19.4. The van der Waals surface area contributed by atoms with Crippen LogP contribution in [0, 0.1) is 5.82 Å². The lowest BCUT2D eigenvalue weighted by atomic mass is 9.98. The molecule has 0 amide bonds. The molecule has 0 spiro atoms. The Balaban J connectivity index is 2.49. The van der Waals surface area contributed by atoms with E-state index >= 15 is 0 Å². The zero-order valence-corrected chi connectivity index (χ0v) is 9.21. The fourth-order valence-electron chi connectivity index (χ4n) is 1.91. The van der Waals surface area contributed by atoms with E-state index in [1.165, 1.54) is 18.2 Å². The number of alkyl halides is 3. The Morgan fingerprint density at radius 2 is 1.61 bits per heavy atom. The molecule has 0 bridgehead atoms. The first-order chi connectivity index (χ1) is 8.38. The van der Waals surface area contributed by atoms with Gasteiger partial charge in [0.1, 0.15) is 5.82 Å². The molecule has 0 aromatic heterocycles. The molecule has 5 heteroatoms. The normalized spacial score (nSPS) is 13.8. The van der Waals surface area contributed by atoms with Crippen molar-refractivity contribution in [3.63, 3.8) is 0 Å². The summed E-state index contributed by atoms with van der Waals surface area (Å²) in [4.78, 5) is 0. The van der Waals surface area contributed by atoms with Crippen molar-refractivity contribution in [3.8, 4) is 0 Å². The van der Waals surface area contributed by atoms with Crippen LogP contribution < -0.4 is 0 Å². The monoisotopic (exact) mass is 258 g/mol. The van der Waals surface area contributed by atoms with Gasteiger partial charge in [-0.25, -0.2) is 4.39 Å². The van der Waals surface area contributed by atoms with Crippen molar-refractivity contribution in [2.24, 2.45) is 0 Å². The maximum atomic E-state index is 13.5. The predicted molar refractivity (Wildman–Crippen MR) is 59.5 cm³/mol. The highest BCUT2D eigenvalue weighted by Gasteiger charge is 2.32. The van der Waals surface area contributed by atoms with Gasteiger partial charge in [0.2, 0.25) is 0 Å². The van der Waals surface area contributed by atoms with Crippen molar-refractivity contribution in [1.29, 1.82) is 0 Å². The Bertz CT molecular complexity index is 562. The SMILES string of the molecule is OC(CC(F)(F)F)c1ccc(F)c2ccccc12. The number of aliphatic hydroxyl groups is 1. The van der Waals surface area contributed by atoms with E-state index in [9.17, 15) is 22.7 Å². The van der Waals surface area contributed by atoms with E-state index in [2.05, 4.69) is 0 Å². The Labute approximate surface area is 101 Å². The van der Waals surface area contributed by atoms with Gasteiger partial charge in [0.25, 0.3) is 0 Å². The van der Waals surface area contributed by atoms with Crippen LogP contribution in [0.3, 0.4) is 0 Å². The fraction of sp³-hybridized carbons (Fsp3) is 0.231. The summed E-state index contributed by atoms with van der Waals surface area (Å²) in [6.45, 7) is 0. The summed E-state index contributed by atoms with van der Waals surface area (Å²) in [5.41, 5.74) is 0.0873. The minimum absolute atomic E-state index is 0.0873. The standard InChI is InChI=1S/C13H10F4O/c14-11-6-5-10(12(18)7-13(15,16)17)8-3-1-2-4-9(8)11/h1-6,12,18H,7H2. The molecule has 0 radical (unpaired) electrons. The van der Waals surface area contributed by atoms with Gasteiger partial charge in [-0.2, -0.15) is 13.2 Å². The third kappa shape index (κ3) is 2.61. The summed E-state index contributed by atoms with van der Waals surface area (Å²) in [6.07, 6.45) is -7.49. The van der Waals surface area contributed by atoms with Crippen molar-refractivity contribution in [1.82, 2.24) is 0 Å². The van der Waals surface area contributed by atoms with Crippen molar-refractivity contribution in [2.45, 2.75) is 18.7 Å². The Kier molecular flexibility index (Phi) is 3.26. The minimum atomic E-state index is -4.46. The molecule has 2 rings (SSSR count). The number of rotatable bonds is 2. The first-order valence-electron chi connectivity index (χ1n) is 5.30. The van der Waals surface area contributed by atoms with Gasteiger partial charge < -0.3 is 5.11 Å². The van der Waals surface area contributed by atoms with Crippen LogP contribution in [0.1, 0.15) is 18.1 Å². The van der Waals surface area contributed by atoms with Gasteiger partial charge in [-0.05, 0) is 17.0 Å². The molecule has 18 heavy (non-hydrogen) atoms. The Morgan fingerprint density at radius 3 is 2.22 bits per heavy atom. The largest absolute Gasteiger partial charge is 0.391 e. The van der Waals surface area contributed by atoms with E-state index in [0.29, 0.717) is 5.39 Å². The van der Waals surface area contributed by atoms with Gasteiger partial charge in [0.05, 0.1) is 12.5 Å². The van der Waals surface area contributed by atoms with E-state index in [-0.39, 0.29) is 10.9 Å². The van der Waals surface area contributed by atoms with Gasteiger partial charge in [0.15, 0.2) is 0 Å². The summed E-state index contributed by atoms with van der Waals surface area (Å²) < 4.78 is 50.2. The molecule has 2 aromatic carbocycles. The van der Waals surface area contributed by atoms with E-state index in [4.69, 9.17) is 0 Å². The maximum absolute atomic E-state index is 13.5. The van der Waals surface area contributed by atoms with Crippen molar-refractivity contribution in [2.75, 3.05) is 0 Å². The molecule has 1 unspecified atom stereocenters. The van der Waals surface area contributed by atoms with Gasteiger partial charge in [0, 0.05) is 5.39 Å². The molecule has 0 aliphatic rings. The number of hydrogen-bond acceptors (Lipinski definition) is 1. The summed E-state index contributed by atoms with van der Waals surface area (Å²) in [7, 11) is 0. The average Bonchev–Trinajstić information content (AvgIpc) is 2.27. The Morgan fingerprint density at radius 1 is 1.00 bits per heavy atom. The first kappa shape index (κ1) is 12.8. The van der Waals surface area contributed by atoms with Crippen molar-refractivity contribution < 1.29 is 22.7 Å². The third-order valence-corrected chi connectivity index (χ3v) is 2.69. The maximum Gasteiger partial charge on any atom is 0.391 e. The molecule has 1 atom stereocenters. The molecule has 0 heterocycles. The number of aliphatic hydroxyl groups excluding tert-OH is 1. The topological polar surface area (TPSA) is 20.2 Å². The predicted octanol–water partition coefficient (Wildman–Crippen LogP) is 3.96. The highest BCUT2D eigenvalue weighted by molar-refractivity contribution is 5.86. The molecule has 0 aliphatic carbocycles. The second kappa shape index (κ2) is 4.57. The lowest BCUT2D eigenvalue weighted by Crippen LogP contribution is -2.13. The molecule has 1 nitrogen and oxygen atoms in total. The molecule has 1 N–H and O–H groups in total. The summed E-state index contributed by atoms with van der Waals surface area (Å²) in [5.74, 6) is -0.520. The fourth-order valence-corrected chi connectivity index (χ4v) is 1.91. The summed E-state index contributed by atoms with van der Waals surface area (Å²) >= 11 is 0. The molecule has 0 aliphatic heterocycles. The van der Waals surface area contributed by atoms with Gasteiger partial charge >= 0.3 is 6.18 Å². The lowest BCUT2D eigenvalue weighted by molar-refractivity contribution is -0.154. The molecular weight excluding hydrogens is 248 g/mol. The second-order valence-electron chi connectivity index (χ2n) is 4.02. The van der Waals surface area contributed by atoms with Crippen LogP contribution in [-0.2, 0) is 0 Å². The molecule has 2 aromatic rings. The molecule has 0 saturated heterocycles. The van der Waals surface area contributed by atoms with Crippen LogP contribution >= 0.6 is 0 Å². The van der Waals surface area contributed by atoms with E-state index in [0.717, 1.165) is 6.07 Å². The second-order valence-corrected chi connectivity index (χ2v) is 4.02. The van der Waals surface area contributed by atoms with E-state index in [1.54, 1.807) is 12.1 Å². The first-order valence-corrected chi connectivity index (χ1v) is 5.30. The quantitative estimate of drug-likeness (QED) is 0.808. The number of hydrogen-bond donors (Lipinski definition) is 1. The van der Waals surface area contributed by atoms with Gasteiger partial charge in [-0.1, -0.05) is 30.3 Å². The highest BCUT2D eigenvalue weighted by Crippen LogP contribution is 2.33. The van der Waals surface area contributed by atoms with E-state index < -0.39 is 24.5 Å². The van der Waals surface area contributed by atoms with Gasteiger partial charge in [-0.3, -0.25) is 0 Å².